The summed E-state index contributed by atoms with van der Waals surface area (Å²) in [6.07, 6.45) is 8.49. The van der Waals surface area contributed by atoms with E-state index in [4.69, 9.17) is 0 Å². The first-order chi connectivity index (χ1) is 29.4. The quantitative estimate of drug-likeness (QED) is 0.133. The van der Waals surface area contributed by atoms with Crippen molar-refractivity contribution in [3.63, 3.8) is 0 Å². The van der Waals surface area contributed by atoms with Crippen molar-refractivity contribution < 1.29 is 28.8 Å². The Labute approximate surface area is 360 Å². The molecule has 1 unspecified atom stereocenters. The van der Waals surface area contributed by atoms with Crippen LogP contribution >= 0.6 is 0 Å². The number of rotatable bonds is 16. The number of carbonyl (C=O) groups excluding carboxylic acids is 6. The molecule has 332 valence electrons. The van der Waals surface area contributed by atoms with Crippen LogP contribution in [0.15, 0.2) is 36.4 Å². The lowest BCUT2D eigenvalue weighted by atomic mass is 9.85. The van der Waals surface area contributed by atoms with E-state index >= 15 is 0 Å². The second-order valence-corrected chi connectivity index (χ2v) is 17.1. The fraction of sp³-hybridized carbons (Fsp3) is 0.609. The van der Waals surface area contributed by atoms with Crippen molar-refractivity contribution in [3.05, 3.63) is 58.7 Å². The Balaban J connectivity index is 1.13. The normalized spacial score (nSPS) is 22.8. The van der Waals surface area contributed by atoms with E-state index in [0.717, 1.165) is 85.0 Å². The van der Waals surface area contributed by atoms with Gasteiger partial charge in [0, 0.05) is 24.5 Å². The summed E-state index contributed by atoms with van der Waals surface area (Å²) in [7, 11) is 3.39. The third-order valence-electron chi connectivity index (χ3n) is 13.3. The Morgan fingerprint density at radius 2 is 1.02 bits per heavy atom. The summed E-state index contributed by atoms with van der Waals surface area (Å²) in [4.78, 5) is 83.7. The van der Waals surface area contributed by atoms with Crippen molar-refractivity contribution in [2.45, 2.75) is 153 Å². The molecular formula is C46H67N9O6. The predicted octanol–water partition coefficient (Wildman–Crippen LogP) is 3.40. The van der Waals surface area contributed by atoms with Crippen molar-refractivity contribution in [2.75, 3.05) is 32.5 Å². The van der Waals surface area contributed by atoms with Gasteiger partial charge in [-0.3, -0.25) is 28.8 Å². The minimum absolute atomic E-state index is 0.168. The van der Waals surface area contributed by atoms with Crippen LogP contribution in [0.25, 0.3) is 0 Å². The third-order valence-corrected chi connectivity index (χ3v) is 13.3. The standard InChI is InChI=1S/C46H67N9O6/c1-7-33(50-41(56)27(3)47-5)45(60)54-25-13-23-39(54)43(58)52-37-21-11-15-29-31(37)17-9-19-35(29)49-36-20-10-18-32-30(36)16-12-22-38(32)53-44(59)40-24-14-26-55(40)46(61)34(8-2)51-42(57)28(4)48-6/h9-10,17-20,27-28,33-34,37-40,47-49H,7-8,11-16,21-26H2,1-6H3,(H,50,56)(H,51,57)(H,52,58)(H,53,59)/t27-,28-,33-,34-,37+,38?,39-,40-/m0/s1. The number of likely N-dealkylation sites (N-methyl/N-ethyl adjacent to an activating group) is 2. The molecule has 4 aliphatic rings. The number of carbonyl (C=O) groups is 6. The number of hydrogen-bond acceptors (Lipinski definition) is 9. The van der Waals surface area contributed by atoms with Gasteiger partial charge in [0.25, 0.3) is 0 Å². The second kappa shape index (κ2) is 20.7. The molecule has 61 heavy (non-hydrogen) atoms. The van der Waals surface area contributed by atoms with Gasteiger partial charge in [0.15, 0.2) is 0 Å². The van der Waals surface area contributed by atoms with E-state index in [0.29, 0.717) is 38.8 Å². The highest BCUT2D eigenvalue weighted by Gasteiger charge is 2.40. The minimum atomic E-state index is -0.697. The Bertz CT molecular complexity index is 1800. The van der Waals surface area contributed by atoms with Crippen LogP contribution in [-0.4, -0.2) is 109 Å². The summed E-state index contributed by atoms with van der Waals surface area (Å²) in [5.41, 5.74) is 6.38. The van der Waals surface area contributed by atoms with Crippen molar-refractivity contribution in [1.29, 1.82) is 0 Å². The van der Waals surface area contributed by atoms with Crippen LogP contribution in [0.5, 0.6) is 0 Å². The number of likely N-dealkylation sites (tertiary alicyclic amines) is 2. The minimum Gasteiger partial charge on any atom is -0.355 e. The highest BCUT2D eigenvalue weighted by Crippen LogP contribution is 2.39. The first-order valence-corrected chi connectivity index (χ1v) is 22.6. The molecule has 2 fully saturated rings. The molecule has 7 N–H and O–H groups in total. The van der Waals surface area contributed by atoms with Crippen molar-refractivity contribution in [1.82, 2.24) is 41.7 Å². The number of hydrogen-bond donors (Lipinski definition) is 7. The average molecular weight is 842 g/mol. The van der Waals surface area contributed by atoms with Crippen LogP contribution in [0, 0.1) is 0 Å². The average Bonchev–Trinajstić information content (AvgIpc) is 3.98. The van der Waals surface area contributed by atoms with Gasteiger partial charge in [0.05, 0.1) is 24.2 Å². The van der Waals surface area contributed by atoms with E-state index in [9.17, 15) is 28.8 Å². The molecule has 2 saturated heterocycles. The smallest absolute Gasteiger partial charge is 0.245 e. The summed E-state index contributed by atoms with van der Waals surface area (Å²) >= 11 is 0. The van der Waals surface area contributed by atoms with Crippen molar-refractivity contribution in [2.24, 2.45) is 0 Å². The molecule has 0 bridgehead atoms. The number of benzene rings is 2. The third kappa shape index (κ3) is 10.2. The molecule has 2 aromatic rings. The molecule has 2 heterocycles. The molecule has 6 amide bonds. The van der Waals surface area contributed by atoms with Crippen LogP contribution in [0.3, 0.4) is 0 Å². The lowest BCUT2D eigenvalue weighted by molar-refractivity contribution is -0.141. The van der Waals surface area contributed by atoms with E-state index in [1.807, 2.05) is 26.0 Å². The zero-order valence-corrected chi connectivity index (χ0v) is 36.8. The van der Waals surface area contributed by atoms with Gasteiger partial charge in [-0.1, -0.05) is 38.1 Å². The Morgan fingerprint density at radius 1 is 0.607 bits per heavy atom. The lowest BCUT2D eigenvalue weighted by Gasteiger charge is -2.33. The van der Waals surface area contributed by atoms with E-state index in [1.165, 1.54) is 0 Å². The van der Waals surface area contributed by atoms with Gasteiger partial charge >= 0.3 is 0 Å². The van der Waals surface area contributed by atoms with Gasteiger partial charge in [-0.2, -0.15) is 0 Å². The summed E-state index contributed by atoms with van der Waals surface area (Å²) in [6.45, 7) is 8.15. The molecule has 0 spiro atoms. The SMILES string of the molecule is CC[C@H](NC(=O)[C@H](C)NC)C(=O)N1CCC[C@H]1C(=O)NC1CCCc2c(Nc3cccc4c3CCC[C@H]4NC(=O)[C@@H]3CCCN3C(=O)[C@H](CC)NC(=O)[C@H](C)NC)cccc21. The maximum Gasteiger partial charge on any atom is 0.245 e. The number of nitrogens with one attached hydrogen (secondary N) is 7. The van der Waals surface area contributed by atoms with E-state index < -0.39 is 36.3 Å². The number of nitrogens with zero attached hydrogens (tertiary/aromatic N) is 2. The van der Waals surface area contributed by atoms with Gasteiger partial charge in [-0.25, -0.2) is 0 Å². The fourth-order valence-electron chi connectivity index (χ4n) is 9.45. The van der Waals surface area contributed by atoms with Crippen LogP contribution in [-0.2, 0) is 41.6 Å². The Kier molecular flexibility index (Phi) is 15.4. The van der Waals surface area contributed by atoms with Gasteiger partial charge in [0.2, 0.25) is 35.4 Å². The molecular weight excluding hydrogens is 775 g/mol. The molecule has 6 rings (SSSR count). The predicted molar refractivity (Wildman–Crippen MR) is 235 cm³/mol. The summed E-state index contributed by atoms with van der Waals surface area (Å²) in [5.74, 6) is -1.28. The van der Waals surface area contributed by atoms with Gasteiger partial charge in [-0.15, -0.1) is 0 Å². The van der Waals surface area contributed by atoms with E-state index in [-0.39, 0.29) is 47.5 Å². The van der Waals surface area contributed by atoms with E-state index in [1.54, 1.807) is 37.7 Å². The number of amides is 6. The van der Waals surface area contributed by atoms with Gasteiger partial charge in [0.1, 0.15) is 24.2 Å². The number of anilines is 2. The van der Waals surface area contributed by atoms with Crippen LogP contribution in [0.2, 0.25) is 0 Å². The Hall–Kier alpha value is -5.02. The first kappa shape index (κ1) is 45.5. The molecule has 0 saturated carbocycles. The molecule has 0 aromatic heterocycles. The lowest BCUT2D eigenvalue weighted by Crippen LogP contribution is -2.55. The fourth-order valence-corrected chi connectivity index (χ4v) is 9.45. The molecule has 8 atom stereocenters. The molecule has 15 heteroatoms. The molecule has 2 aliphatic heterocycles. The summed E-state index contributed by atoms with van der Waals surface area (Å²) in [6, 6.07) is 8.46. The zero-order valence-electron chi connectivity index (χ0n) is 36.8. The number of fused-ring (bicyclic) bond motifs is 2. The maximum absolute atomic E-state index is 13.9. The Morgan fingerprint density at radius 3 is 1.39 bits per heavy atom. The van der Waals surface area contributed by atoms with Gasteiger partial charge in [-0.05, 0) is 139 Å². The highest BCUT2D eigenvalue weighted by atomic mass is 16.2. The van der Waals surface area contributed by atoms with Crippen molar-refractivity contribution in [3.8, 4) is 0 Å². The molecule has 2 aromatic carbocycles. The van der Waals surface area contributed by atoms with Crippen molar-refractivity contribution >= 4 is 46.8 Å². The molecule has 15 nitrogen and oxygen atoms in total. The van der Waals surface area contributed by atoms with Crippen LogP contribution in [0.1, 0.15) is 126 Å². The topological polar surface area (TPSA) is 193 Å². The zero-order chi connectivity index (χ0) is 43.8. The summed E-state index contributed by atoms with van der Waals surface area (Å²) in [5, 5.41) is 21.9. The van der Waals surface area contributed by atoms with E-state index in [2.05, 4.69) is 61.5 Å². The monoisotopic (exact) mass is 842 g/mol. The largest absolute Gasteiger partial charge is 0.355 e. The second-order valence-electron chi connectivity index (χ2n) is 17.1. The molecule has 0 radical (unpaired) electrons. The molecule has 2 aliphatic carbocycles. The maximum atomic E-state index is 13.9. The highest BCUT2D eigenvalue weighted by molar-refractivity contribution is 5.94. The van der Waals surface area contributed by atoms with Crippen LogP contribution in [0.4, 0.5) is 11.4 Å². The summed E-state index contributed by atoms with van der Waals surface area (Å²) < 4.78 is 0. The first-order valence-electron chi connectivity index (χ1n) is 22.6. The van der Waals surface area contributed by atoms with Crippen LogP contribution < -0.4 is 37.2 Å². The van der Waals surface area contributed by atoms with Gasteiger partial charge < -0.3 is 47.0 Å².